The van der Waals surface area contributed by atoms with Gasteiger partial charge in [-0.25, -0.2) is 0 Å². The van der Waals surface area contributed by atoms with Gasteiger partial charge in [-0.3, -0.25) is 9.79 Å². The molecule has 0 saturated heterocycles. The number of hydrogen-bond acceptors (Lipinski definition) is 4. The Hall–Kier alpha value is -2.36. The number of carbonyl (C=O) groups excluding carboxylic acids is 1. The third-order valence-corrected chi connectivity index (χ3v) is 5.85. The summed E-state index contributed by atoms with van der Waals surface area (Å²) in [6.07, 6.45) is 15.4. The van der Waals surface area contributed by atoms with Crippen LogP contribution >= 0.6 is 0 Å². The summed E-state index contributed by atoms with van der Waals surface area (Å²) in [6, 6.07) is 6.41. The van der Waals surface area contributed by atoms with E-state index in [1.165, 1.54) is 44.1 Å². The lowest BCUT2D eigenvalue weighted by Gasteiger charge is -2.32. The summed E-state index contributed by atoms with van der Waals surface area (Å²) < 4.78 is 0. The molecule has 2 aliphatic carbocycles. The van der Waals surface area contributed by atoms with Crippen molar-refractivity contribution >= 4 is 17.7 Å². The van der Waals surface area contributed by atoms with Crippen LogP contribution in [0, 0.1) is 0 Å². The van der Waals surface area contributed by atoms with Crippen molar-refractivity contribution in [2.24, 2.45) is 10.7 Å². The molecule has 3 aliphatic rings. The number of nitrogens with two attached hydrogens (primary N) is 1. The summed E-state index contributed by atoms with van der Waals surface area (Å²) in [5.74, 6) is 0.618. The van der Waals surface area contributed by atoms with Gasteiger partial charge in [0.25, 0.3) is 0 Å². The zero-order valence-corrected chi connectivity index (χ0v) is 15.2. The summed E-state index contributed by atoms with van der Waals surface area (Å²) in [4.78, 5) is 19.3. The molecule has 1 unspecified atom stereocenters. The molecular weight excluding hydrogens is 322 g/mol. The molecule has 1 aromatic rings. The molecule has 136 valence electrons. The monoisotopic (exact) mass is 349 g/mol. The fourth-order valence-corrected chi connectivity index (χ4v) is 4.37. The fourth-order valence-electron chi connectivity index (χ4n) is 4.37. The van der Waals surface area contributed by atoms with Crippen molar-refractivity contribution in [3.8, 4) is 0 Å². The van der Waals surface area contributed by atoms with Gasteiger partial charge in [0.15, 0.2) is 0 Å². The molecule has 4 heteroatoms. The van der Waals surface area contributed by atoms with Gasteiger partial charge in [0.1, 0.15) is 6.04 Å². The number of benzene rings is 1. The molecule has 4 rings (SSSR count). The van der Waals surface area contributed by atoms with Crippen molar-refractivity contribution in [2.75, 3.05) is 18.0 Å². The third kappa shape index (κ3) is 3.33. The lowest BCUT2D eigenvalue weighted by atomic mass is 9.90. The molecular formula is C22H27N3O. The summed E-state index contributed by atoms with van der Waals surface area (Å²) in [7, 11) is 0. The van der Waals surface area contributed by atoms with E-state index < -0.39 is 0 Å². The van der Waals surface area contributed by atoms with Gasteiger partial charge >= 0.3 is 0 Å². The van der Waals surface area contributed by atoms with Gasteiger partial charge in [-0.15, -0.1) is 0 Å². The Bertz CT molecular complexity index is 770. The first-order valence-electron chi connectivity index (χ1n) is 9.82. The van der Waals surface area contributed by atoms with Crippen LogP contribution in [0.5, 0.6) is 0 Å². The standard InChI is InChI=1S/C22H27N3O/c23-19-8-5-9-20(22(19)26)25-13-12-24-15-18-11-10-17(14-21(18)25)16-6-3-1-2-4-7-16/h5,8-11,14-16,20H,1-4,6-7,12-13,23H2. The van der Waals surface area contributed by atoms with Crippen molar-refractivity contribution in [1.29, 1.82) is 0 Å². The van der Waals surface area contributed by atoms with E-state index in [0.29, 0.717) is 18.2 Å². The SMILES string of the molecule is NC1=CC=CC(N2CCN=Cc3ccc(C4CCCCCC4)cc32)C1=O. The highest BCUT2D eigenvalue weighted by atomic mass is 16.1. The number of anilines is 1. The molecule has 1 aliphatic heterocycles. The maximum Gasteiger partial charge on any atom is 0.204 e. The van der Waals surface area contributed by atoms with Gasteiger partial charge in [-0.1, -0.05) is 50.0 Å². The number of fused-ring (bicyclic) bond motifs is 1. The Kier molecular flexibility index (Phi) is 4.91. The van der Waals surface area contributed by atoms with Crippen molar-refractivity contribution in [2.45, 2.75) is 50.5 Å². The Balaban J connectivity index is 1.69. The van der Waals surface area contributed by atoms with E-state index in [-0.39, 0.29) is 11.8 Å². The Morgan fingerprint density at radius 1 is 1.12 bits per heavy atom. The van der Waals surface area contributed by atoms with Crippen LogP contribution in [-0.4, -0.2) is 31.1 Å². The summed E-state index contributed by atoms with van der Waals surface area (Å²) in [5, 5.41) is 0. The van der Waals surface area contributed by atoms with Crippen LogP contribution in [0.15, 0.2) is 47.1 Å². The van der Waals surface area contributed by atoms with Crippen LogP contribution in [-0.2, 0) is 4.79 Å². The van der Waals surface area contributed by atoms with Gasteiger partial charge in [-0.2, -0.15) is 0 Å². The minimum absolute atomic E-state index is 0.0137. The molecule has 2 N–H and O–H groups in total. The van der Waals surface area contributed by atoms with E-state index in [1.807, 2.05) is 18.4 Å². The van der Waals surface area contributed by atoms with E-state index in [4.69, 9.17) is 5.73 Å². The van der Waals surface area contributed by atoms with Crippen LogP contribution in [0.2, 0.25) is 0 Å². The number of hydrogen-bond donors (Lipinski definition) is 1. The zero-order valence-electron chi connectivity index (χ0n) is 15.2. The second-order valence-electron chi connectivity index (χ2n) is 7.55. The van der Waals surface area contributed by atoms with E-state index in [2.05, 4.69) is 28.1 Å². The van der Waals surface area contributed by atoms with Crippen molar-refractivity contribution in [3.63, 3.8) is 0 Å². The highest BCUT2D eigenvalue weighted by Crippen LogP contribution is 2.35. The topological polar surface area (TPSA) is 58.7 Å². The van der Waals surface area contributed by atoms with Gasteiger partial charge in [0.05, 0.1) is 12.2 Å². The first kappa shape index (κ1) is 17.1. The van der Waals surface area contributed by atoms with E-state index in [0.717, 1.165) is 17.8 Å². The number of aliphatic imine (C=N–C) groups is 1. The average molecular weight is 349 g/mol. The van der Waals surface area contributed by atoms with Crippen molar-refractivity contribution < 1.29 is 4.79 Å². The van der Waals surface area contributed by atoms with E-state index in [1.54, 1.807) is 6.08 Å². The molecule has 0 aromatic heterocycles. The lowest BCUT2D eigenvalue weighted by Crippen LogP contribution is -2.44. The van der Waals surface area contributed by atoms with E-state index in [9.17, 15) is 4.79 Å². The molecule has 26 heavy (non-hydrogen) atoms. The van der Waals surface area contributed by atoms with Gasteiger partial charge in [0, 0.05) is 24.0 Å². The molecule has 1 saturated carbocycles. The van der Waals surface area contributed by atoms with Crippen LogP contribution in [0.1, 0.15) is 55.6 Å². The number of rotatable bonds is 2. The lowest BCUT2D eigenvalue weighted by molar-refractivity contribution is -0.116. The highest BCUT2D eigenvalue weighted by Gasteiger charge is 2.29. The second kappa shape index (κ2) is 7.48. The average Bonchev–Trinajstić information content (AvgIpc) is 3.04. The number of nitrogens with zero attached hydrogens (tertiary/aromatic N) is 2. The van der Waals surface area contributed by atoms with E-state index >= 15 is 0 Å². The first-order valence-corrected chi connectivity index (χ1v) is 9.82. The maximum atomic E-state index is 12.7. The normalized spacial score (nSPS) is 24.0. The minimum atomic E-state index is -0.329. The molecule has 0 spiro atoms. The zero-order chi connectivity index (χ0) is 17.9. The third-order valence-electron chi connectivity index (χ3n) is 5.85. The van der Waals surface area contributed by atoms with Crippen LogP contribution in [0.25, 0.3) is 0 Å². The molecule has 0 amide bonds. The quantitative estimate of drug-likeness (QED) is 0.828. The van der Waals surface area contributed by atoms with Gasteiger partial charge < -0.3 is 10.6 Å². The molecule has 1 heterocycles. The van der Waals surface area contributed by atoms with Gasteiger partial charge in [-0.05, 0) is 36.5 Å². The maximum absolute atomic E-state index is 12.7. The molecule has 0 radical (unpaired) electrons. The second-order valence-corrected chi connectivity index (χ2v) is 7.55. The number of Topliss-reactive ketones (excluding diaryl/α,β-unsaturated/α-hetero) is 1. The minimum Gasteiger partial charge on any atom is -0.396 e. The predicted octanol–water partition coefficient (Wildman–Crippen LogP) is 3.71. The van der Waals surface area contributed by atoms with Crippen LogP contribution < -0.4 is 10.6 Å². The summed E-state index contributed by atoms with van der Waals surface area (Å²) in [6.45, 7) is 1.42. The molecule has 4 nitrogen and oxygen atoms in total. The number of carbonyl (C=O) groups is 1. The largest absolute Gasteiger partial charge is 0.396 e. The van der Waals surface area contributed by atoms with Gasteiger partial charge in [0.2, 0.25) is 5.78 Å². The molecule has 1 fully saturated rings. The molecule has 0 bridgehead atoms. The smallest absolute Gasteiger partial charge is 0.204 e. The Morgan fingerprint density at radius 3 is 2.73 bits per heavy atom. The number of allylic oxidation sites excluding steroid dienone is 2. The first-order chi connectivity index (χ1) is 12.7. The summed E-state index contributed by atoms with van der Waals surface area (Å²) >= 11 is 0. The van der Waals surface area contributed by atoms with Crippen LogP contribution in [0.4, 0.5) is 5.69 Å². The summed E-state index contributed by atoms with van der Waals surface area (Å²) in [5.41, 5.74) is 9.85. The van der Waals surface area contributed by atoms with Crippen molar-refractivity contribution in [3.05, 3.63) is 53.3 Å². The highest BCUT2D eigenvalue weighted by molar-refractivity contribution is 6.04. The van der Waals surface area contributed by atoms with Crippen LogP contribution in [0.3, 0.4) is 0 Å². The van der Waals surface area contributed by atoms with Crippen molar-refractivity contribution in [1.82, 2.24) is 0 Å². The Labute approximate surface area is 155 Å². The molecule has 1 atom stereocenters. The number of benzodiazepines with no additional fused rings is 1. The Morgan fingerprint density at radius 2 is 1.92 bits per heavy atom. The molecule has 1 aromatic carbocycles. The number of ketones is 1. The fraction of sp³-hybridized carbons (Fsp3) is 0.455. The predicted molar refractivity (Wildman–Crippen MR) is 107 cm³/mol.